The Kier molecular flexibility index (Phi) is 3.68. The molecule has 0 spiro atoms. The zero-order valence-electron chi connectivity index (χ0n) is 14.5. The predicted molar refractivity (Wildman–Crippen MR) is 99.2 cm³/mol. The summed E-state index contributed by atoms with van der Waals surface area (Å²) < 4.78 is 6.65. The second-order valence-corrected chi connectivity index (χ2v) is 6.28. The number of aryl methyl sites for hydroxylation is 1. The lowest BCUT2D eigenvalue weighted by Crippen LogP contribution is -2.35. The van der Waals surface area contributed by atoms with Crippen LogP contribution in [0.25, 0.3) is 10.9 Å². The minimum absolute atomic E-state index is 0.218. The van der Waals surface area contributed by atoms with Gasteiger partial charge >= 0.3 is 0 Å². The van der Waals surface area contributed by atoms with Crippen molar-refractivity contribution in [3.8, 4) is 11.5 Å². The van der Waals surface area contributed by atoms with Gasteiger partial charge in [0, 0.05) is 24.7 Å². The van der Waals surface area contributed by atoms with Gasteiger partial charge in [-0.05, 0) is 30.2 Å². The average molecular weight is 350 g/mol. The first-order valence-corrected chi connectivity index (χ1v) is 8.33. The second-order valence-electron chi connectivity index (χ2n) is 6.28. The van der Waals surface area contributed by atoms with E-state index in [-0.39, 0.29) is 11.3 Å². The Hall–Kier alpha value is -3.28. The van der Waals surface area contributed by atoms with Gasteiger partial charge in [0.1, 0.15) is 17.1 Å². The highest BCUT2D eigenvalue weighted by molar-refractivity contribution is 6.11. The van der Waals surface area contributed by atoms with Crippen LogP contribution in [-0.4, -0.2) is 29.2 Å². The van der Waals surface area contributed by atoms with Crippen LogP contribution < -0.4 is 15.2 Å². The molecule has 0 unspecified atom stereocenters. The maximum atomic E-state index is 13.1. The van der Waals surface area contributed by atoms with Crippen LogP contribution >= 0.6 is 0 Å². The molecule has 0 radical (unpaired) electrons. The zero-order valence-corrected chi connectivity index (χ0v) is 14.5. The second kappa shape index (κ2) is 5.91. The molecule has 0 bridgehead atoms. The summed E-state index contributed by atoms with van der Waals surface area (Å²) >= 11 is 0. The maximum Gasteiger partial charge on any atom is 0.267 e. The largest absolute Gasteiger partial charge is 0.506 e. The summed E-state index contributed by atoms with van der Waals surface area (Å²) in [6, 6.07) is 12.7. The van der Waals surface area contributed by atoms with Crippen molar-refractivity contribution in [2.75, 3.05) is 18.6 Å². The quantitative estimate of drug-likeness (QED) is 0.771. The number of hydrogen-bond donors (Lipinski definition) is 1. The molecule has 2 heterocycles. The summed E-state index contributed by atoms with van der Waals surface area (Å²) in [6.45, 7) is 0.483. The normalized spacial score (nSPS) is 13.1. The predicted octanol–water partition coefficient (Wildman–Crippen LogP) is 2.46. The van der Waals surface area contributed by atoms with Gasteiger partial charge in [0.2, 0.25) is 0 Å². The molecule has 1 aromatic heterocycles. The van der Waals surface area contributed by atoms with Gasteiger partial charge in [-0.25, -0.2) is 0 Å². The summed E-state index contributed by atoms with van der Waals surface area (Å²) in [7, 11) is 3.07. The Labute approximate surface area is 149 Å². The monoisotopic (exact) mass is 350 g/mol. The Morgan fingerprint density at radius 2 is 1.92 bits per heavy atom. The molecule has 0 atom stereocenters. The van der Waals surface area contributed by atoms with Crippen LogP contribution in [0.15, 0.2) is 47.3 Å². The van der Waals surface area contributed by atoms with E-state index in [0.717, 1.165) is 17.7 Å². The number of carbonyl (C=O) groups excluding carboxylic acids is 1. The molecule has 1 aliphatic heterocycles. The first-order valence-electron chi connectivity index (χ1n) is 8.33. The number of pyridine rings is 1. The molecule has 26 heavy (non-hydrogen) atoms. The number of aromatic hydroxyl groups is 1. The van der Waals surface area contributed by atoms with Crippen molar-refractivity contribution in [3.05, 3.63) is 63.9 Å². The number of anilines is 1. The lowest BCUT2D eigenvalue weighted by atomic mass is 10.1. The van der Waals surface area contributed by atoms with E-state index >= 15 is 0 Å². The molecule has 6 heteroatoms. The van der Waals surface area contributed by atoms with Gasteiger partial charge in [0.25, 0.3) is 11.5 Å². The summed E-state index contributed by atoms with van der Waals surface area (Å²) in [5.41, 5.74) is 1.53. The van der Waals surface area contributed by atoms with Crippen LogP contribution in [0, 0.1) is 0 Å². The van der Waals surface area contributed by atoms with Crippen molar-refractivity contribution >= 4 is 22.5 Å². The fraction of sp³-hybridized carbons (Fsp3) is 0.200. The lowest BCUT2D eigenvalue weighted by Gasteiger charge is -2.19. The van der Waals surface area contributed by atoms with Crippen LogP contribution in [0.4, 0.5) is 5.69 Å². The molecular formula is C20H18N2O4. The fourth-order valence-corrected chi connectivity index (χ4v) is 3.61. The van der Waals surface area contributed by atoms with E-state index in [9.17, 15) is 14.7 Å². The number of ether oxygens (including phenoxy) is 1. The molecular weight excluding hydrogens is 332 g/mol. The third-order valence-electron chi connectivity index (χ3n) is 4.91. The van der Waals surface area contributed by atoms with Crippen LogP contribution in [0.3, 0.4) is 0 Å². The number of benzene rings is 2. The molecule has 0 saturated carbocycles. The minimum Gasteiger partial charge on any atom is -0.506 e. The van der Waals surface area contributed by atoms with Crippen molar-refractivity contribution in [2.45, 2.75) is 6.42 Å². The molecule has 2 aromatic carbocycles. The van der Waals surface area contributed by atoms with Gasteiger partial charge in [-0.1, -0.05) is 24.3 Å². The highest BCUT2D eigenvalue weighted by Crippen LogP contribution is 2.34. The summed E-state index contributed by atoms with van der Waals surface area (Å²) in [5, 5.41) is 11.1. The molecule has 132 valence electrons. The van der Waals surface area contributed by atoms with Crippen molar-refractivity contribution in [1.82, 2.24) is 4.57 Å². The number of rotatable bonds is 2. The molecule has 4 rings (SSSR count). The van der Waals surface area contributed by atoms with Gasteiger partial charge in [-0.15, -0.1) is 0 Å². The number of methoxy groups -OCH3 is 1. The number of amides is 1. The van der Waals surface area contributed by atoms with Crippen molar-refractivity contribution in [2.24, 2.45) is 7.05 Å². The van der Waals surface area contributed by atoms with E-state index in [4.69, 9.17) is 4.74 Å². The Morgan fingerprint density at radius 1 is 1.15 bits per heavy atom. The van der Waals surface area contributed by atoms with E-state index in [1.807, 2.05) is 24.3 Å². The highest BCUT2D eigenvalue weighted by atomic mass is 16.5. The van der Waals surface area contributed by atoms with E-state index in [1.165, 1.54) is 11.7 Å². The SMILES string of the molecule is COc1cccc2c(O)c(C(=O)N3CCc4ccccc43)c(=O)n(C)c12. The summed E-state index contributed by atoms with van der Waals surface area (Å²) in [4.78, 5) is 27.6. The van der Waals surface area contributed by atoms with Gasteiger partial charge < -0.3 is 19.3 Å². The summed E-state index contributed by atoms with van der Waals surface area (Å²) in [5.74, 6) is -0.336. The number of fused-ring (bicyclic) bond motifs is 2. The Balaban J connectivity index is 1.93. The molecule has 0 aliphatic carbocycles. The zero-order chi connectivity index (χ0) is 18.4. The minimum atomic E-state index is -0.547. The van der Waals surface area contributed by atoms with Crippen molar-refractivity contribution in [1.29, 1.82) is 0 Å². The molecule has 1 N–H and O–H groups in total. The molecule has 6 nitrogen and oxygen atoms in total. The number of nitrogens with zero attached hydrogens (tertiary/aromatic N) is 2. The maximum absolute atomic E-state index is 13.1. The van der Waals surface area contributed by atoms with E-state index in [0.29, 0.717) is 23.2 Å². The van der Waals surface area contributed by atoms with Crippen LogP contribution in [0.1, 0.15) is 15.9 Å². The van der Waals surface area contributed by atoms with Gasteiger partial charge in [0.15, 0.2) is 0 Å². The van der Waals surface area contributed by atoms with Crippen molar-refractivity contribution < 1.29 is 14.6 Å². The van der Waals surface area contributed by atoms with E-state index in [2.05, 4.69) is 0 Å². The van der Waals surface area contributed by atoms with Gasteiger partial charge in [-0.3, -0.25) is 9.59 Å². The topological polar surface area (TPSA) is 71.8 Å². The first kappa shape index (κ1) is 16.2. The first-order chi connectivity index (χ1) is 12.5. The Morgan fingerprint density at radius 3 is 2.69 bits per heavy atom. The smallest absolute Gasteiger partial charge is 0.267 e. The molecule has 0 fully saturated rings. The van der Waals surface area contributed by atoms with Gasteiger partial charge in [-0.2, -0.15) is 0 Å². The number of aromatic nitrogens is 1. The number of carbonyl (C=O) groups is 1. The summed E-state index contributed by atoms with van der Waals surface area (Å²) in [6.07, 6.45) is 0.727. The lowest BCUT2D eigenvalue weighted by molar-refractivity contribution is 0.0985. The van der Waals surface area contributed by atoms with Crippen LogP contribution in [0.5, 0.6) is 11.5 Å². The third kappa shape index (κ3) is 2.19. The molecule has 1 amide bonds. The van der Waals surface area contributed by atoms with Crippen LogP contribution in [0.2, 0.25) is 0 Å². The van der Waals surface area contributed by atoms with E-state index < -0.39 is 11.5 Å². The number of para-hydroxylation sites is 2. The van der Waals surface area contributed by atoms with E-state index in [1.54, 1.807) is 30.1 Å². The average Bonchev–Trinajstić information content (AvgIpc) is 3.09. The molecule has 0 saturated heterocycles. The van der Waals surface area contributed by atoms with Crippen LogP contribution in [-0.2, 0) is 13.5 Å². The fourth-order valence-electron chi connectivity index (χ4n) is 3.61. The number of hydrogen-bond acceptors (Lipinski definition) is 4. The molecule has 1 aliphatic rings. The van der Waals surface area contributed by atoms with Gasteiger partial charge in [0.05, 0.1) is 12.6 Å². The highest BCUT2D eigenvalue weighted by Gasteiger charge is 2.30. The van der Waals surface area contributed by atoms with Crippen molar-refractivity contribution in [3.63, 3.8) is 0 Å². The Bertz CT molecular complexity index is 1100. The molecule has 3 aromatic rings. The standard InChI is InChI=1S/C20H18N2O4/c1-21-17-13(7-5-9-15(17)26-2)18(23)16(19(21)24)20(25)22-11-10-12-6-3-4-8-14(12)22/h3-9,23H,10-11H2,1-2H3. The third-order valence-corrected chi connectivity index (χ3v) is 4.91.